The molecule has 0 aromatic heterocycles. The first kappa shape index (κ1) is 15.7. The normalized spacial score (nSPS) is 22.8. The van der Waals surface area contributed by atoms with Crippen LogP contribution in [-0.4, -0.2) is 42.4 Å². The molecule has 5 nitrogen and oxygen atoms in total. The first-order valence-electron chi connectivity index (χ1n) is 7.47. The van der Waals surface area contributed by atoms with Gasteiger partial charge in [-0.3, -0.25) is 19.8 Å². The second-order valence-corrected chi connectivity index (χ2v) is 5.60. The van der Waals surface area contributed by atoms with Gasteiger partial charge in [-0.2, -0.15) is 0 Å². The van der Waals surface area contributed by atoms with E-state index in [1.165, 1.54) is 0 Å². The van der Waals surface area contributed by atoms with Crippen molar-refractivity contribution < 1.29 is 9.59 Å². The second-order valence-electron chi connectivity index (χ2n) is 5.60. The van der Waals surface area contributed by atoms with Crippen LogP contribution >= 0.6 is 0 Å². The fraction of sp³-hybridized carbons (Fsp3) is 0.500. The topological polar surface area (TPSA) is 75.4 Å². The summed E-state index contributed by atoms with van der Waals surface area (Å²) in [4.78, 5) is 25.9. The van der Waals surface area contributed by atoms with Crippen LogP contribution < -0.4 is 11.1 Å². The van der Waals surface area contributed by atoms with E-state index in [0.717, 1.165) is 25.9 Å². The number of carbonyl (C=O) groups is 2. The van der Waals surface area contributed by atoms with E-state index >= 15 is 0 Å². The van der Waals surface area contributed by atoms with Gasteiger partial charge >= 0.3 is 0 Å². The first-order chi connectivity index (χ1) is 10.1. The van der Waals surface area contributed by atoms with Crippen LogP contribution in [0.5, 0.6) is 0 Å². The molecular weight excluding hydrogens is 266 g/mol. The molecular formula is C16H23N3O2. The Bertz CT molecular complexity index is 490. The van der Waals surface area contributed by atoms with Crippen LogP contribution in [0, 0.1) is 5.92 Å². The zero-order chi connectivity index (χ0) is 15.2. The number of likely N-dealkylation sites (tertiary alicyclic amines) is 1. The number of rotatable bonds is 4. The Balaban J connectivity index is 1.83. The van der Waals surface area contributed by atoms with E-state index in [1.807, 2.05) is 6.07 Å². The predicted octanol–water partition coefficient (Wildman–Crippen LogP) is 1.00. The number of nitrogens with zero attached hydrogens (tertiary/aromatic N) is 1. The van der Waals surface area contributed by atoms with Gasteiger partial charge in [-0.15, -0.1) is 0 Å². The summed E-state index contributed by atoms with van der Waals surface area (Å²) in [5.74, 6) is -0.174. The molecule has 21 heavy (non-hydrogen) atoms. The van der Waals surface area contributed by atoms with E-state index in [1.54, 1.807) is 24.3 Å². The summed E-state index contributed by atoms with van der Waals surface area (Å²) in [5, 5.41) is 2.44. The number of amides is 2. The van der Waals surface area contributed by atoms with Crippen LogP contribution in [0.2, 0.25) is 0 Å². The van der Waals surface area contributed by atoms with Crippen molar-refractivity contribution in [2.75, 3.05) is 19.6 Å². The van der Waals surface area contributed by atoms with E-state index in [-0.39, 0.29) is 24.4 Å². The summed E-state index contributed by atoms with van der Waals surface area (Å²) in [6, 6.07) is 8.99. The van der Waals surface area contributed by atoms with E-state index in [4.69, 9.17) is 5.73 Å². The highest BCUT2D eigenvalue weighted by Gasteiger charge is 2.26. The SMILES string of the molecule is CCC1CN(CC(=O)NC(=O)c2ccccc2)CCC1N. The molecule has 2 rings (SSSR count). The molecule has 0 aliphatic carbocycles. The number of hydrogen-bond donors (Lipinski definition) is 2. The van der Waals surface area contributed by atoms with Crippen molar-refractivity contribution in [3.63, 3.8) is 0 Å². The van der Waals surface area contributed by atoms with Gasteiger partial charge in [0.15, 0.2) is 0 Å². The number of nitrogens with two attached hydrogens (primary N) is 1. The average Bonchev–Trinajstić information content (AvgIpc) is 2.50. The van der Waals surface area contributed by atoms with Crippen LogP contribution in [0.1, 0.15) is 30.1 Å². The van der Waals surface area contributed by atoms with Crippen molar-refractivity contribution in [1.29, 1.82) is 0 Å². The minimum atomic E-state index is -0.346. The minimum absolute atomic E-state index is 0.222. The fourth-order valence-corrected chi connectivity index (χ4v) is 2.73. The Kier molecular flexibility index (Phi) is 5.47. The van der Waals surface area contributed by atoms with E-state index in [0.29, 0.717) is 11.5 Å². The molecule has 114 valence electrons. The minimum Gasteiger partial charge on any atom is -0.327 e. The standard InChI is InChI=1S/C16H23N3O2/c1-2-12-10-19(9-8-14(12)17)11-15(20)18-16(21)13-6-4-3-5-7-13/h3-7,12,14H,2,8-11,17H2,1H3,(H,18,20,21). The number of piperidine rings is 1. The molecule has 2 unspecified atom stereocenters. The maximum atomic E-state index is 12.0. The molecule has 1 aliphatic rings. The van der Waals surface area contributed by atoms with Gasteiger partial charge in [0.1, 0.15) is 0 Å². The molecule has 3 N–H and O–H groups in total. The van der Waals surface area contributed by atoms with Crippen molar-refractivity contribution >= 4 is 11.8 Å². The molecule has 1 heterocycles. The third kappa shape index (κ3) is 4.37. The van der Waals surface area contributed by atoms with Gasteiger partial charge in [-0.1, -0.05) is 31.5 Å². The first-order valence-corrected chi connectivity index (χ1v) is 7.47. The van der Waals surface area contributed by atoms with Crippen molar-refractivity contribution in [3.8, 4) is 0 Å². The lowest BCUT2D eigenvalue weighted by Gasteiger charge is -2.35. The van der Waals surface area contributed by atoms with Crippen LogP contribution in [0.4, 0.5) is 0 Å². The molecule has 1 aliphatic heterocycles. The number of benzene rings is 1. The third-order valence-corrected chi connectivity index (χ3v) is 4.06. The summed E-state index contributed by atoms with van der Waals surface area (Å²) >= 11 is 0. The molecule has 0 radical (unpaired) electrons. The Morgan fingerprint density at radius 2 is 2.05 bits per heavy atom. The van der Waals surface area contributed by atoms with Crippen LogP contribution in [-0.2, 0) is 4.79 Å². The average molecular weight is 289 g/mol. The van der Waals surface area contributed by atoms with Gasteiger partial charge in [0.2, 0.25) is 5.91 Å². The Morgan fingerprint density at radius 1 is 1.33 bits per heavy atom. The van der Waals surface area contributed by atoms with Crippen LogP contribution in [0.3, 0.4) is 0 Å². The van der Waals surface area contributed by atoms with Gasteiger partial charge < -0.3 is 5.73 Å². The molecule has 1 aromatic rings. The van der Waals surface area contributed by atoms with Crippen LogP contribution in [0.25, 0.3) is 0 Å². The monoisotopic (exact) mass is 289 g/mol. The summed E-state index contributed by atoms with van der Waals surface area (Å²) in [6.07, 6.45) is 1.92. The molecule has 0 bridgehead atoms. The molecule has 2 amide bonds. The molecule has 0 saturated carbocycles. The number of nitrogens with one attached hydrogen (secondary N) is 1. The summed E-state index contributed by atoms with van der Waals surface area (Å²) < 4.78 is 0. The fourth-order valence-electron chi connectivity index (χ4n) is 2.73. The van der Waals surface area contributed by atoms with Gasteiger partial charge in [-0.25, -0.2) is 0 Å². The van der Waals surface area contributed by atoms with Gasteiger partial charge in [0.05, 0.1) is 6.54 Å². The zero-order valence-electron chi connectivity index (χ0n) is 12.4. The summed E-state index contributed by atoms with van der Waals surface area (Å²) in [5.41, 5.74) is 6.56. The lowest BCUT2D eigenvalue weighted by Crippen LogP contribution is -2.50. The molecule has 0 spiro atoms. The Hall–Kier alpha value is -1.72. The van der Waals surface area contributed by atoms with Gasteiger partial charge in [0, 0.05) is 24.7 Å². The van der Waals surface area contributed by atoms with E-state index in [2.05, 4.69) is 17.1 Å². The van der Waals surface area contributed by atoms with Crippen LogP contribution in [0.15, 0.2) is 30.3 Å². The lowest BCUT2D eigenvalue weighted by molar-refractivity contribution is -0.121. The highest BCUT2D eigenvalue weighted by molar-refractivity contribution is 6.05. The highest BCUT2D eigenvalue weighted by atomic mass is 16.2. The summed E-state index contributed by atoms with van der Waals surface area (Å²) in [7, 11) is 0. The number of imide groups is 1. The van der Waals surface area contributed by atoms with Crippen molar-refractivity contribution in [2.45, 2.75) is 25.8 Å². The quantitative estimate of drug-likeness (QED) is 0.867. The molecule has 1 saturated heterocycles. The molecule has 1 fully saturated rings. The molecule has 5 heteroatoms. The lowest BCUT2D eigenvalue weighted by atomic mass is 9.91. The molecule has 2 atom stereocenters. The summed E-state index contributed by atoms with van der Waals surface area (Å²) in [6.45, 7) is 4.00. The zero-order valence-corrected chi connectivity index (χ0v) is 12.4. The third-order valence-electron chi connectivity index (χ3n) is 4.06. The highest BCUT2D eigenvalue weighted by Crippen LogP contribution is 2.18. The van der Waals surface area contributed by atoms with Crippen molar-refractivity contribution in [3.05, 3.63) is 35.9 Å². The molecule has 1 aromatic carbocycles. The van der Waals surface area contributed by atoms with Crippen molar-refractivity contribution in [1.82, 2.24) is 10.2 Å². The Labute approximate surface area is 125 Å². The maximum Gasteiger partial charge on any atom is 0.257 e. The van der Waals surface area contributed by atoms with Crippen molar-refractivity contribution in [2.24, 2.45) is 11.7 Å². The Morgan fingerprint density at radius 3 is 2.71 bits per heavy atom. The maximum absolute atomic E-state index is 12.0. The second kappa shape index (κ2) is 7.33. The van der Waals surface area contributed by atoms with Gasteiger partial charge in [-0.05, 0) is 24.5 Å². The number of carbonyl (C=O) groups excluding carboxylic acids is 2. The smallest absolute Gasteiger partial charge is 0.257 e. The number of hydrogen-bond acceptors (Lipinski definition) is 4. The van der Waals surface area contributed by atoms with E-state index < -0.39 is 0 Å². The van der Waals surface area contributed by atoms with Gasteiger partial charge in [0.25, 0.3) is 5.91 Å². The largest absolute Gasteiger partial charge is 0.327 e. The van der Waals surface area contributed by atoms with E-state index in [9.17, 15) is 9.59 Å². The predicted molar refractivity (Wildman–Crippen MR) is 81.7 cm³/mol.